The molecule has 3 aliphatic heterocycles. The minimum atomic E-state index is 0.250. The molecule has 26 heavy (non-hydrogen) atoms. The normalized spacial score (nSPS) is 20.9. The van der Waals surface area contributed by atoms with Gasteiger partial charge in [0.15, 0.2) is 5.58 Å². The van der Waals surface area contributed by atoms with Gasteiger partial charge in [-0.2, -0.15) is 19.7 Å². The number of fused-ring (bicyclic) bond motifs is 3. The molecule has 2 bridgehead atoms. The average Bonchev–Trinajstić information content (AvgIpc) is 3.30. The molecule has 134 valence electrons. The number of aromatic nitrogens is 3. The highest BCUT2D eigenvalue weighted by Crippen LogP contribution is 2.31. The van der Waals surface area contributed by atoms with E-state index in [1.807, 2.05) is 16.9 Å². The lowest BCUT2D eigenvalue weighted by molar-refractivity contribution is -0.191. The Balaban J connectivity index is 0.000000527. The third-order valence-corrected chi connectivity index (χ3v) is 4.87. The molecular formula is C18H19N5O3. The van der Waals surface area contributed by atoms with E-state index in [2.05, 4.69) is 34.4 Å². The Morgan fingerprint density at radius 3 is 2.65 bits per heavy atom. The van der Waals surface area contributed by atoms with Crippen molar-refractivity contribution in [3.8, 4) is 5.69 Å². The molecule has 1 N–H and O–H groups in total. The molecule has 0 amide bonds. The van der Waals surface area contributed by atoms with Crippen molar-refractivity contribution in [2.75, 3.05) is 18.0 Å². The van der Waals surface area contributed by atoms with Crippen LogP contribution in [0.2, 0.25) is 0 Å². The minimum absolute atomic E-state index is 0.250. The number of piperazine rings is 1. The van der Waals surface area contributed by atoms with Gasteiger partial charge in [0.2, 0.25) is 0 Å². The van der Waals surface area contributed by atoms with Crippen LogP contribution in [0.5, 0.6) is 0 Å². The monoisotopic (exact) mass is 353 g/mol. The number of piperidine rings is 1. The van der Waals surface area contributed by atoms with Crippen molar-refractivity contribution in [1.82, 2.24) is 20.1 Å². The maximum Gasteiger partial charge on any atom is 0.373 e. The minimum Gasteiger partial charge on any atom is -0.421 e. The predicted molar refractivity (Wildman–Crippen MR) is 93.1 cm³/mol. The zero-order valence-corrected chi connectivity index (χ0v) is 14.4. The highest BCUT2D eigenvalue weighted by Gasteiger charge is 2.38. The summed E-state index contributed by atoms with van der Waals surface area (Å²) in [5.74, 6) is 0. The van der Waals surface area contributed by atoms with E-state index in [0.717, 1.165) is 42.3 Å². The van der Waals surface area contributed by atoms with Gasteiger partial charge in [0.25, 0.3) is 6.01 Å². The van der Waals surface area contributed by atoms with E-state index in [-0.39, 0.29) is 6.15 Å². The van der Waals surface area contributed by atoms with Crippen LogP contribution in [-0.2, 0) is 16.0 Å². The predicted octanol–water partition coefficient (Wildman–Crippen LogP) is 1.54. The van der Waals surface area contributed by atoms with Gasteiger partial charge in [0, 0.05) is 37.6 Å². The van der Waals surface area contributed by atoms with Gasteiger partial charge in [-0.1, -0.05) is 6.92 Å². The number of carbonyl (C=O) groups excluding carboxylic acids is 2. The molecule has 0 saturated carbocycles. The zero-order valence-electron chi connectivity index (χ0n) is 14.4. The molecule has 3 fully saturated rings. The molecule has 5 heterocycles. The number of oxazole rings is 1. The van der Waals surface area contributed by atoms with Crippen LogP contribution in [0.25, 0.3) is 16.8 Å². The molecule has 0 aliphatic carbocycles. The third kappa shape index (κ3) is 2.89. The van der Waals surface area contributed by atoms with Crippen molar-refractivity contribution >= 4 is 23.3 Å². The summed E-state index contributed by atoms with van der Waals surface area (Å²) in [6, 6.07) is 8.09. The molecule has 3 aliphatic rings. The van der Waals surface area contributed by atoms with E-state index < -0.39 is 0 Å². The Morgan fingerprint density at radius 1 is 1.31 bits per heavy atom. The molecule has 6 rings (SSSR count). The summed E-state index contributed by atoms with van der Waals surface area (Å²) in [6.45, 7) is 4.10. The highest BCUT2D eigenvalue weighted by atomic mass is 16.4. The van der Waals surface area contributed by atoms with Gasteiger partial charge in [-0.15, -0.1) is 0 Å². The number of hydrogen-bond donors (Lipinski definition) is 1. The van der Waals surface area contributed by atoms with E-state index in [1.54, 1.807) is 6.20 Å². The maximum absolute atomic E-state index is 8.12. The van der Waals surface area contributed by atoms with Gasteiger partial charge in [0.1, 0.15) is 11.2 Å². The largest absolute Gasteiger partial charge is 0.421 e. The lowest BCUT2D eigenvalue weighted by Crippen LogP contribution is -2.67. The van der Waals surface area contributed by atoms with Gasteiger partial charge >= 0.3 is 6.15 Å². The molecule has 3 saturated heterocycles. The first-order valence-electron chi connectivity index (χ1n) is 8.65. The fourth-order valence-corrected chi connectivity index (χ4v) is 3.65. The summed E-state index contributed by atoms with van der Waals surface area (Å²) in [5, 5.41) is 7.90. The van der Waals surface area contributed by atoms with Gasteiger partial charge < -0.3 is 14.6 Å². The van der Waals surface area contributed by atoms with Crippen LogP contribution < -0.4 is 10.2 Å². The SMILES string of the molecule is CCc1cc(-n2cccn2)c2oc(N3CC4CC(C3)N4)nc2c1.O=C=O. The quantitative estimate of drug-likeness (QED) is 0.763. The number of benzene rings is 1. The molecule has 8 nitrogen and oxygen atoms in total. The first kappa shape index (κ1) is 16.5. The smallest absolute Gasteiger partial charge is 0.373 e. The summed E-state index contributed by atoms with van der Waals surface area (Å²) in [6.07, 6.45) is 6.21. The van der Waals surface area contributed by atoms with E-state index >= 15 is 0 Å². The van der Waals surface area contributed by atoms with Crippen LogP contribution in [-0.4, -0.2) is 46.1 Å². The summed E-state index contributed by atoms with van der Waals surface area (Å²) in [4.78, 5) is 23.3. The molecule has 1 aromatic carbocycles. The first-order chi connectivity index (χ1) is 12.7. The fourth-order valence-electron chi connectivity index (χ4n) is 3.65. The lowest BCUT2D eigenvalue weighted by Gasteiger charge is -2.47. The fraction of sp³-hybridized carbons (Fsp3) is 0.389. The second kappa shape index (κ2) is 6.74. The number of anilines is 1. The van der Waals surface area contributed by atoms with Crippen LogP contribution in [0.1, 0.15) is 18.9 Å². The number of hydrogen-bond acceptors (Lipinski definition) is 7. The Labute approximate surface area is 149 Å². The molecule has 2 unspecified atom stereocenters. The summed E-state index contributed by atoms with van der Waals surface area (Å²) >= 11 is 0. The van der Waals surface area contributed by atoms with Crippen LogP contribution in [0.4, 0.5) is 6.01 Å². The Morgan fingerprint density at radius 2 is 2.04 bits per heavy atom. The second-order valence-electron chi connectivity index (χ2n) is 6.55. The second-order valence-corrected chi connectivity index (χ2v) is 6.55. The molecule has 2 atom stereocenters. The Kier molecular flexibility index (Phi) is 4.28. The average molecular weight is 353 g/mol. The Hall–Kier alpha value is -2.96. The number of nitrogens with zero attached hydrogens (tertiary/aromatic N) is 4. The van der Waals surface area contributed by atoms with Crippen molar-refractivity contribution in [3.63, 3.8) is 0 Å². The van der Waals surface area contributed by atoms with Crippen molar-refractivity contribution < 1.29 is 14.0 Å². The molecular weight excluding hydrogens is 334 g/mol. The number of rotatable bonds is 3. The van der Waals surface area contributed by atoms with Crippen LogP contribution in [0, 0.1) is 0 Å². The van der Waals surface area contributed by atoms with E-state index in [1.165, 1.54) is 12.0 Å². The molecule has 0 spiro atoms. The molecule has 8 heteroatoms. The van der Waals surface area contributed by atoms with Crippen LogP contribution in [0.3, 0.4) is 0 Å². The zero-order chi connectivity index (χ0) is 18.1. The standard InChI is InChI=1S/C17H19N5O.CO2/c1-2-11-6-14-16(15(7-11)22-5-3-4-18-22)23-17(20-14)21-9-12-8-13(10-21)19-12;2-1-3/h3-7,12-13,19H,2,8-10H2,1H3;. The van der Waals surface area contributed by atoms with E-state index in [4.69, 9.17) is 19.0 Å². The first-order valence-corrected chi connectivity index (χ1v) is 8.65. The van der Waals surface area contributed by atoms with Crippen LogP contribution in [0.15, 0.2) is 35.0 Å². The topological polar surface area (TPSA) is 93.3 Å². The molecule has 3 aromatic rings. The number of nitrogens with one attached hydrogen (secondary N) is 1. The number of aryl methyl sites for hydroxylation is 1. The van der Waals surface area contributed by atoms with Gasteiger partial charge in [-0.25, -0.2) is 4.68 Å². The van der Waals surface area contributed by atoms with Crippen molar-refractivity contribution in [1.29, 1.82) is 0 Å². The summed E-state index contributed by atoms with van der Waals surface area (Å²) in [7, 11) is 0. The van der Waals surface area contributed by atoms with E-state index in [9.17, 15) is 0 Å². The summed E-state index contributed by atoms with van der Waals surface area (Å²) in [5.41, 5.74) is 3.93. The van der Waals surface area contributed by atoms with Gasteiger partial charge in [-0.05, 0) is 36.6 Å². The van der Waals surface area contributed by atoms with Crippen molar-refractivity contribution in [2.24, 2.45) is 0 Å². The van der Waals surface area contributed by atoms with Crippen LogP contribution >= 0.6 is 0 Å². The lowest BCUT2D eigenvalue weighted by atomic mass is 9.92. The van der Waals surface area contributed by atoms with Gasteiger partial charge in [0.05, 0.1) is 0 Å². The maximum atomic E-state index is 8.12. The molecule has 0 radical (unpaired) electrons. The Bertz CT molecular complexity index is 927. The van der Waals surface area contributed by atoms with Gasteiger partial charge in [-0.3, -0.25) is 0 Å². The van der Waals surface area contributed by atoms with Crippen molar-refractivity contribution in [3.05, 3.63) is 36.2 Å². The summed E-state index contributed by atoms with van der Waals surface area (Å²) < 4.78 is 8.01. The van der Waals surface area contributed by atoms with E-state index in [0.29, 0.717) is 12.1 Å². The third-order valence-electron chi connectivity index (χ3n) is 4.87. The molecule has 2 aromatic heterocycles. The highest BCUT2D eigenvalue weighted by molar-refractivity contribution is 5.84. The van der Waals surface area contributed by atoms with Crippen molar-refractivity contribution in [2.45, 2.75) is 31.8 Å².